The first-order chi connectivity index (χ1) is 8.45. The number of hydrogen-bond acceptors (Lipinski definition) is 3. The van der Waals surface area contributed by atoms with Crippen molar-refractivity contribution in [2.24, 2.45) is 0 Å². The topological polar surface area (TPSA) is 90.0 Å². The first kappa shape index (κ1) is 14.3. The van der Waals surface area contributed by atoms with Crippen LogP contribution in [0.5, 0.6) is 0 Å². The van der Waals surface area contributed by atoms with Gasteiger partial charge in [0.15, 0.2) is 0 Å². The summed E-state index contributed by atoms with van der Waals surface area (Å²) in [6.07, 6.45) is 1.04. The maximum atomic E-state index is 11.8. The minimum atomic E-state index is -1.05. The van der Waals surface area contributed by atoms with Crippen LogP contribution < -0.4 is 5.32 Å². The van der Waals surface area contributed by atoms with Crippen LogP contribution in [0.15, 0.2) is 0 Å². The van der Waals surface area contributed by atoms with Crippen molar-refractivity contribution in [3.8, 4) is 0 Å². The number of carboxylic acid groups (broad SMARTS) is 1. The van der Waals surface area contributed by atoms with Crippen LogP contribution in [0, 0.1) is 0 Å². The molecule has 0 radical (unpaired) electrons. The Morgan fingerprint density at radius 2 is 2.11 bits per heavy atom. The molecule has 1 atom stereocenters. The SMILES string of the molecule is CCC[C@H](NC(=O)N1CCN(C)C(=O)C1)C(=O)O. The second kappa shape index (κ2) is 6.23. The largest absolute Gasteiger partial charge is 0.480 e. The van der Waals surface area contributed by atoms with E-state index in [4.69, 9.17) is 5.11 Å². The lowest BCUT2D eigenvalue weighted by molar-refractivity contribution is -0.139. The number of rotatable bonds is 4. The van der Waals surface area contributed by atoms with Gasteiger partial charge in [-0.1, -0.05) is 13.3 Å². The number of carbonyl (C=O) groups excluding carboxylic acids is 2. The van der Waals surface area contributed by atoms with Crippen LogP contribution in [0.3, 0.4) is 0 Å². The summed E-state index contributed by atoms with van der Waals surface area (Å²) in [5.74, 6) is -1.19. The normalized spacial score (nSPS) is 17.6. The number of urea groups is 1. The van der Waals surface area contributed by atoms with Crippen molar-refractivity contribution >= 4 is 17.9 Å². The number of aliphatic carboxylic acids is 1. The summed E-state index contributed by atoms with van der Waals surface area (Å²) >= 11 is 0. The number of carboxylic acids is 1. The van der Waals surface area contributed by atoms with Gasteiger partial charge in [0, 0.05) is 20.1 Å². The molecule has 0 spiro atoms. The van der Waals surface area contributed by atoms with Gasteiger partial charge in [-0.3, -0.25) is 4.79 Å². The van der Waals surface area contributed by atoms with Crippen molar-refractivity contribution in [2.75, 3.05) is 26.7 Å². The summed E-state index contributed by atoms with van der Waals surface area (Å²) in [4.78, 5) is 37.1. The van der Waals surface area contributed by atoms with Gasteiger partial charge in [0.1, 0.15) is 12.6 Å². The van der Waals surface area contributed by atoms with Crippen LogP contribution in [0.25, 0.3) is 0 Å². The fraction of sp³-hybridized carbons (Fsp3) is 0.727. The summed E-state index contributed by atoms with van der Waals surface area (Å²) in [6, 6.07) is -1.38. The average Bonchev–Trinajstić information content (AvgIpc) is 2.31. The number of nitrogens with one attached hydrogen (secondary N) is 1. The minimum absolute atomic E-state index is 0.000791. The highest BCUT2D eigenvalue weighted by atomic mass is 16.4. The van der Waals surface area contributed by atoms with Gasteiger partial charge in [0.05, 0.1) is 0 Å². The van der Waals surface area contributed by atoms with Crippen molar-refractivity contribution in [3.05, 3.63) is 0 Å². The molecule has 2 N–H and O–H groups in total. The monoisotopic (exact) mass is 257 g/mol. The lowest BCUT2D eigenvalue weighted by Gasteiger charge is -2.32. The second-order valence-corrected chi connectivity index (χ2v) is 4.37. The molecule has 0 aromatic heterocycles. The van der Waals surface area contributed by atoms with Crippen LogP contribution in [-0.4, -0.2) is 65.5 Å². The Hall–Kier alpha value is -1.79. The highest BCUT2D eigenvalue weighted by molar-refractivity contribution is 5.87. The minimum Gasteiger partial charge on any atom is -0.480 e. The molecule has 0 aromatic carbocycles. The Bertz CT molecular complexity index is 345. The number of carbonyl (C=O) groups is 3. The zero-order valence-corrected chi connectivity index (χ0v) is 10.7. The van der Waals surface area contributed by atoms with Gasteiger partial charge >= 0.3 is 12.0 Å². The molecule has 1 rings (SSSR count). The van der Waals surface area contributed by atoms with Gasteiger partial charge in [-0.2, -0.15) is 0 Å². The van der Waals surface area contributed by atoms with E-state index in [1.165, 1.54) is 4.90 Å². The molecule has 7 heteroatoms. The maximum Gasteiger partial charge on any atom is 0.326 e. The third-order valence-corrected chi connectivity index (χ3v) is 2.92. The predicted molar refractivity (Wildman–Crippen MR) is 64.1 cm³/mol. The van der Waals surface area contributed by atoms with E-state index in [0.29, 0.717) is 25.9 Å². The zero-order chi connectivity index (χ0) is 13.7. The molecule has 0 bridgehead atoms. The van der Waals surface area contributed by atoms with E-state index in [1.807, 2.05) is 6.92 Å². The Balaban J connectivity index is 2.54. The highest BCUT2D eigenvalue weighted by Crippen LogP contribution is 2.03. The Kier molecular flexibility index (Phi) is 4.94. The molecule has 0 aromatic rings. The molecule has 102 valence electrons. The standard InChI is InChI=1S/C11H19N3O4/c1-3-4-8(10(16)17)12-11(18)14-6-5-13(2)9(15)7-14/h8H,3-7H2,1-2H3,(H,12,18)(H,16,17)/t8-/m0/s1. The summed E-state index contributed by atoms with van der Waals surface area (Å²) in [5, 5.41) is 11.4. The van der Waals surface area contributed by atoms with Crippen molar-refractivity contribution < 1.29 is 19.5 Å². The van der Waals surface area contributed by atoms with E-state index in [2.05, 4.69) is 5.32 Å². The van der Waals surface area contributed by atoms with E-state index in [-0.39, 0.29) is 12.5 Å². The lowest BCUT2D eigenvalue weighted by Crippen LogP contribution is -2.55. The maximum absolute atomic E-state index is 11.8. The number of hydrogen-bond donors (Lipinski definition) is 2. The van der Waals surface area contributed by atoms with Crippen LogP contribution in [0.2, 0.25) is 0 Å². The third-order valence-electron chi connectivity index (χ3n) is 2.92. The molecule has 0 unspecified atom stereocenters. The zero-order valence-electron chi connectivity index (χ0n) is 10.7. The first-order valence-corrected chi connectivity index (χ1v) is 5.98. The molecule has 3 amide bonds. The van der Waals surface area contributed by atoms with Crippen LogP contribution >= 0.6 is 0 Å². The van der Waals surface area contributed by atoms with E-state index in [0.717, 1.165) is 0 Å². The van der Waals surface area contributed by atoms with Crippen molar-refractivity contribution in [1.82, 2.24) is 15.1 Å². The summed E-state index contributed by atoms with van der Waals surface area (Å²) < 4.78 is 0. The Morgan fingerprint density at radius 3 is 2.61 bits per heavy atom. The Labute approximate surface area is 106 Å². The molecule has 1 fully saturated rings. The summed E-state index contributed by atoms with van der Waals surface area (Å²) in [7, 11) is 1.68. The van der Waals surface area contributed by atoms with E-state index < -0.39 is 18.0 Å². The van der Waals surface area contributed by atoms with E-state index >= 15 is 0 Å². The quantitative estimate of drug-likeness (QED) is 0.725. The fourth-order valence-corrected chi connectivity index (χ4v) is 1.72. The smallest absolute Gasteiger partial charge is 0.326 e. The fourth-order valence-electron chi connectivity index (χ4n) is 1.72. The summed E-state index contributed by atoms with van der Waals surface area (Å²) in [6.45, 7) is 2.74. The molecule has 1 saturated heterocycles. The van der Waals surface area contributed by atoms with Gasteiger partial charge in [-0.15, -0.1) is 0 Å². The molecular weight excluding hydrogens is 238 g/mol. The number of piperazine rings is 1. The van der Waals surface area contributed by atoms with Crippen LogP contribution in [0.1, 0.15) is 19.8 Å². The molecule has 1 aliphatic heterocycles. The molecule has 0 saturated carbocycles. The molecular formula is C11H19N3O4. The van der Waals surface area contributed by atoms with Gasteiger partial charge in [-0.25, -0.2) is 9.59 Å². The van der Waals surface area contributed by atoms with Gasteiger partial charge in [0.2, 0.25) is 5.91 Å². The van der Waals surface area contributed by atoms with Crippen molar-refractivity contribution in [1.29, 1.82) is 0 Å². The lowest BCUT2D eigenvalue weighted by atomic mass is 10.2. The number of amides is 3. The third kappa shape index (κ3) is 3.61. The average molecular weight is 257 g/mol. The molecule has 18 heavy (non-hydrogen) atoms. The van der Waals surface area contributed by atoms with Crippen molar-refractivity contribution in [2.45, 2.75) is 25.8 Å². The molecule has 7 nitrogen and oxygen atoms in total. The predicted octanol–water partition coefficient (Wildman–Crippen LogP) is -0.277. The number of nitrogens with zero attached hydrogens (tertiary/aromatic N) is 2. The second-order valence-electron chi connectivity index (χ2n) is 4.37. The van der Waals surface area contributed by atoms with E-state index in [9.17, 15) is 14.4 Å². The molecule has 1 heterocycles. The summed E-state index contributed by atoms with van der Waals surface area (Å²) in [5.41, 5.74) is 0. The van der Waals surface area contributed by atoms with Gasteiger partial charge in [-0.05, 0) is 6.42 Å². The van der Waals surface area contributed by atoms with Gasteiger partial charge < -0.3 is 20.2 Å². The Morgan fingerprint density at radius 1 is 1.44 bits per heavy atom. The molecule has 1 aliphatic rings. The number of likely N-dealkylation sites (N-methyl/N-ethyl adjacent to an activating group) is 1. The van der Waals surface area contributed by atoms with Crippen LogP contribution in [0.4, 0.5) is 4.79 Å². The van der Waals surface area contributed by atoms with Crippen molar-refractivity contribution in [3.63, 3.8) is 0 Å². The van der Waals surface area contributed by atoms with Gasteiger partial charge in [0.25, 0.3) is 0 Å². The van der Waals surface area contributed by atoms with E-state index in [1.54, 1.807) is 11.9 Å². The first-order valence-electron chi connectivity index (χ1n) is 5.98. The molecule has 0 aliphatic carbocycles. The highest BCUT2D eigenvalue weighted by Gasteiger charge is 2.27. The van der Waals surface area contributed by atoms with Crippen LogP contribution in [-0.2, 0) is 9.59 Å².